The average molecular weight is 260 g/mol. The molecule has 0 unspecified atom stereocenters. The number of thioether (sulfide) groups is 1. The highest BCUT2D eigenvalue weighted by Crippen LogP contribution is 2.29. The minimum Gasteiger partial charge on any atom is -0.383 e. The maximum absolute atomic E-state index is 11.9. The molecule has 0 aliphatic heterocycles. The van der Waals surface area contributed by atoms with Gasteiger partial charge in [-0.2, -0.15) is 18.4 Å². The first kappa shape index (κ1) is 13.7. The van der Waals surface area contributed by atoms with E-state index in [0.717, 1.165) is 5.56 Å². The van der Waals surface area contributed by atoms with Crippen LogP contribution in [0.25, 0.3) is 0 Å². The molecule has 92 valence electrons. The van der Waals surface area contributed by atoms with Crippen LogP contribution in [-0.4, -0.2) is 17.8 Å². The van der Waals surface area contributed by atoms with Crippen LogP contribution in [0.4, 0.5) is 18.9 Å². The SMILES string of the molecule is Cc1cccc(NCCSC(F)(F)F)c1C#N. The van der Waals surface area contributed by atoms with Crippen LogP contribution in [0, 0.1) is 18.3 Å². The number of nitrogens with one attached hydrogen (secondary N) is 1. The molecule has 0 radical (unpaired) electrons. The number of aryl methyl sites for hydroxylation is 1. The van der Waals surface area contributed by atoms with Gasteiger partial charge in [-0.3, -0.25) is 0 Å². The highest BCUT2D eigenvalue weighted by Gasteiger charge is 2.27. The van der Waals surface area contributed by atoms with E-state index in [2.05, 4.69) is 5.32 Å². The monoisotopic (exact) mass is 260 g/mol. The van der Waals surface area contributed by atoms with E-state index in [-0.39, 0.29) is 24.1 Å². The first-order valence-electron chi connectivity index (χ1n) is 4.88. The molecule has 0 aliphatic carbocycles. The Morgan fingerprint density at radius 1 is 1.41 bits per heavy atom. The van der Waals surface area contributed by atoms with Crippen LogP contribution in [0.1, 0.15) is 11.1 Å². The third kappa shape index (κ3) is 4.57. The van der Waals surface area contributed by atoms with Gasteiger partial charge in [0.25, 0.3) is 0 Å². The summed E-state index contributed by atoms with van der Waals surface area (Å²) in [5.74, 6) is -0.0810. The van der Waals surface area contributed by atoms with Gasteiger partial charge in [0.05, 0.1) is 11.3 Å². The van der Waals surface area contributed by atoms with Gasteiger partial charge in [0.15, 0.2) is 0 Å². The highest BCUT2D eigenvalue weighted by molar-refractivity contribution is 8.00. The number of rotatable bonds is 4. The van der Waals surface area contributed by atoms with Gasteiger partial charge in [-0.25, -0.2) is 0 Å². The van der Waals surface area contributed by atoms with E-state index in [0.29, 0.717) is 11.3 Å². The number of halogens is 3. The summed E-state index contributed by atoms with van der Waals surface area (Å²) in [6, 6.07) is 7.26. The van der Waals surface area contributed by atoms with Crippen molar-refractivity contribution in [3.8, 4) is 6.07 Å². The summed E-state index contributed by atoms with van der Waals surface area (Å²) in [5.41, 5.74) is -2.34. The third-order valence-electron chi connectivity index (χ3n) is 2.07. The van der Waals surface area contributed by atoms with Gasteiger partial charge in [-0.1, -0.05) is 12.1 Å². The van der Waals surface area contributed by atoms with Crippen LogP contribution in [0.5, 0.6) is 0 Å². The van der Waals surface area contributed by atoms with Gasteiger partial charge in [0, 0.05) is 12.3 Å². The van der Waals surface area contributed by atoms with Gasteiger partial charge < -0.3 is 5.32 Å². The summed E-state index contributed by atoms with van der Waals surface area (Å²) in [4.78, 5) is 0. The summed E-state index contributed by atoms with van der Waals surface area (Å²) in [7, 11) is 0. The molecule has 17 heavy (non-hydrogen) atoms. The molecular formula is C11H11F3N2S. The number of hydrogen-bond acceptors (Lipinski definition) is 3. The Balaban J connectivity index is 2.53. The van der Waals surface area contributed by atoms with Crippen molar-refractivity contribution >= 4 is 17.4 Å². The lowest BCUT2D eigenvalue weighted by molar-refractivity contribution is -0.0327. The van der Waals surface area contributed by atoms with Crippen LogP contribution < -0.4 is 5.32 Å². The second-order valence-corrected chi connectivity index (χ2v) is 4.49. The van der Waals surface area contributed by atoms with Gasteiger partial charge in [0.2, 0.25) is 0 Å². The van der Waals surface area contributed by atoms with Crippen molar-refractivity contribution in [1.29, 1.82) is 5.26 Å². The van der Waals surface area contributed by atoms with E-state index in [4.69, 9.17) is 5.26 Å². The van der Waals surface area contributed by atoms with Crippen LogP contribution >= 0.6 is 11.8 Å². The van der Waals surface area contributed by atoms with Gasteiger partial charge >= 0.3 is 5.51 Å². The topological polar surface area (TPSA) is 35.8 Å². The van der Waals surface area contributed by atoms with Crippen molar-refractivity contribution in [3.63, 3.8) is 0 Å². The third-order valence-corrected chi connectivity index (χ3v) is 2.80. The first-order chi connectivity index (χ1) is 7.94. The van der Waals surface area contributed by atoms with E-state index in [9.17, 15) is 13.2 Å². The molecule has 0 heterocycles. The van der Waals surface area contributed by atoms with Gasteiger partial charge in [-0.05, 0) is 30.3 Å². The molecule has 1 aromatic carbocycles. The Morgan fingerprint density at radius 2 is 2.12 bits per heavy atom. The first-order valence-corrected chi connectivity index (χ1v) is 5.87. The fraction of sp³-hybridized carbons (Fsp3) is 0.364. The molecule has 0 amide bonds. The molecule has 1 N–H and O–H groups in total. The van der Waals surface area contributed by atoms with Crippen molar-refractivity contribution in [1.82, 2.24) is 0 Å². The lowest BCUT2D eigenvalue weighted by Gasteiger charge is -2.10. The summed E-state index contributed by atoms with van der Waals surface area (Å²) < 4.78 is 35.6. The molecule has 0 fully saturated rings. The fourth-order valence-corrected chi connectivity index (χ4v) is 1.75. The quantitative estimate of drug-likeness (QED) is 0.841. The van der Waals surface area contributed by atoms with E-state index >= 15 is 0 Å². The van der Waals surface area contributed by atoms with E-state index in [1.54, 1.807) is 25.1 Å². The molecule has 0 bridgehead atoms. The molecule has 1 aromatic rings. The maximum atomic E-state index is 11.9. The molecule has 1 rings (SSSR count). The molecule has 2 nitrogen and oxygen atoms in total. The molecule has 0 aliphatic rings. The minimum atomic E-state index is -4.20. The smallest absolute Gasteiger partial charge is 0.383 e. The largest absolute Gasteiger partial charge is 0.441 e. The van der Waals surface area contributed by atoms with Crippen LogP contribution in [-0.2, 0) is 0 Å². The number of nitriles is 1. The number of nitrogens with zero attached hydrogens (tertiary/aromatic N) is 1. The zero-order valence-corrected chi connectivity index (χ0v) is 9.95. The lowest BCUT2D eigenvalue weighted by atomic mass is 10.1. The summed E-state index contributed by atoms with van der Waals surface area (Å²) in [5, 5.41) is 11.7. The highest BCUT2D eigenvalue weighted by atomic mass is 32.2. The summed E-state index contributed by atoms with van der Waals surface area (Å²) >= 11 is -0.0749. The fourth-order valence-electron chi connectivity index (χ4n) is 1.32. The van der Waals surface area contributed by atoms with Crippen molar-refractivity contribution < 1.29 is 13.2 Å². The Hall–Kier alpha value is -1.35. The molecule has 0 saturated heterocycles. The number of benzene rings is 1. The number of hydrogen-bond donors (Lipinski definition) is 1. The van der Waals surface area contributed by atoms with Gasteiger partial charge in [0.1, 0.15) is 6.07 Å². The Labute approximate surface area is 102 Å². The normalized spacial score (nSPS) is 11.0. The molecule has 0 spiro atoms. The summed E-state index contributed by atoms with van der Waals surface area (Å²) in [6.45, 7) is 1.95. The van der Waals surface area contributed by atoms with E-state index in [1.165, 1.54) is 0 Å². The molecular weight excluding hydrogens is 249 g/mol. The Bertz CT molecular complexity index is 424. The van der Waals surface area contributed by atoms with Crippen molar-refractivity contribution in [2.24, 2.45) is 0 Å². The minimum absolute atomic E-state index is 0.0749. The Kier molecular flexibility index (Phi) is 4.70. The van der Waals surface area contributed by atoms with Gasteiger partial charge in [-0.15, -0.1) is 0 Å². The lowest BCUT2D eigenvalue weighted by Crippen LogP contribution is -2.10. The van der Waals surface area contributed by atoms with Crippen LogP contribution in [0.3, 0.4) is 0 Å². The molecule has 0 atom stereocenters. The van der Waals surface area contributed by atoms with Crippen molar-refractivity contribution in [2.75, 3.05) is 17.6 Å². The second kappa shape index (κ2) is 5.82. The number of alkyl halides is 3. The van der Waals surface area contributed by atoms with E-state index in [1.807, 2.05) is 6.07 Å². The predicted octanol–water partition coefficient (Wildman–Crippen LogP) is 3.53. The number of anilines is 1. The standard InChI is InChI=1S/C11H11F3N2S/c1-8-3-2-4-10(9(8)7-15)16-5-6-17-11(12,13)14/h2-4,16H,5-6H2,1H3. The van der Waals surface area contributed by atoms with E-state index < -0.39 is 5.51 Å². The maximum Gasteiger partial charge on any atom is 0.441 e. The zero-order valence-electron chi connectivity index (χ0n) is 9.14. The second-order valence-electron chi connectivity index (χ2n) is 3.33. The molecule has 0 aromatic heterocycles. The zero-order chi connectivity index (χ0) is 12.9. The predicted molar refractivity (Wildman–Crippen MR) is 62.9 cm³/mol. The summed E-state index contributed by atoms with van der Waals surface area (Å²) in [6.07, 6.45) is 0. The van der Waals surface area contributed by atoms with Crippen molar-refractivity contribution in [3.05, 3.63) is 29.3 Å². The average Bonchev–Trinajstić information content (AvgIpc) is 2.23. The molecule has 6 heteroatoms. The Morgan fingerprint density at radius 3 is 2.71 bits per heavy atom. The van der Waals surface area contributed by atoms with Crippen LogP contribution in [0.15, 0.2) is 18.2 Å². The molecule has 0 saturated carbocycles. The van der Waals surface area contributed by atoms with Crippen LogP contribution in [0.2, 0.25) is 0 Å². The van der Waals surface area contributed by atoms with Crippen molar-refractivity contribution in [2.45, 2.75) is 12.4 Å².